The highest BCUT2D eigenvalue weighted by Crippen LogP contribution is 2.34. The Morgan fingerprint density at radius 2 is 1.65 bits per heavy atom. The average Bonchev–Trinajstić information content (AvgIpc) is 2.97. The van der Waals surface area contributed by atoms with E-state index in [-0.39, 0.29) is 0 Å². The summed E-state index contributed by atoms with van der Waals surface area (Å²) in [5.41, 5.74) is 5.75. The van der Waals surface area contributed by atoms with Gasteiger partial charge >= 0.3 is 0 Å². The minimum Gasteiger partial charge on any atom is -0.193 e. The Bertz CT molecular complexity index is 848. The molecule has 1 nitrogen and oxygen atoms in total. The summed E-state index contributed by atoms with van der Waals surface area (Å²) in [6.07, 6.45) is 8.88. The molecule has 0 N–H and O–H groups in total. The summed E-state index contributed by atoms with van der Waals surface area (Å²) >= 11 is 0. The van der Waals surface area contributed by atoms with Crippen LogP contribution in [0.1, 0.15) is 43.7 Å². The first-order valence-electron chi connectivity index (χ1n) is 8.91. The maximum absolute atomic E-state index is 2.46. The molecule has 4 rings (SSSR count). The molecule has 1 aromatic heterocycles. The lowest BCUT2D eigenvalue weighted by atomic mass is 9.98. The number of pyridine rings is 1. The second-order valence-corrected chi connectivity index (χ2v) is 6.64. The lowest BCUT2D eigenvalue weighted by Gasteiger charge is -2.07. The third-order valence-corrected chi connectivity index (χ3v) is 5.04. The summed E-state index contributed by atoms with van der Waals surface area (Å²) in [4.78, 5) is 0. The molecule has 0 aliphatic carbocycles. The molecule has 2 aromatic carbocycles. The number of fused-ring (bicyclic) bond motifs is 5. The quantitative estimate of drug-likeness (QED) is 0.349. The number of aryl methyl sites for hydroxylation is 1. The van der Waals surface area contributed by atoms with E-state index >= 15 is 0 Å². The summed E-state index contributed by atoms with van der Waals surface area (Å²) in [6.45, 7) is 3.29. The Labute approximate surface area is 138 Å². The molecule has 0 bridgehead atoms. The predicted octanol–water partition coefficient (Wildman–Crippen LogP) is 5.28. The van der Waals surface area contributed by atoms with Crippen LogP contribution in [0.15, 0.2) is 54.7 Å². The van der Waals surface area contributed by atoms with Crippen LogP contribution in [0.4, 0.5) is 0 Å². The van der Waals surface area contributed by atoms with Gasteiger partial charge in [-0.1, -0.05) is 62.6 Å². The van der Waals surface area contributed by atoms with Gasteiger partial charge in [-0.05, 0) is 30.4 Å². The molecule has 116 valence electrons. The number of aromatic nitrogens is 1. The van der Waals surface area contributed by atoms with Crippen LogP contribution >= 0.6 is 0 Å². The van der Waals surface area contributed by atoms with Gasteiger partial charge in [-0.2, -0.15) is 4.57 Å². The molecule has 0 spiro atoms. The Hall–Kier alpha value is -2.15. The van der Waals surface area contributed by atoms with Gasteiger partial charge in [-0.25, -0.2) is 0 Å². The van der Waals surface area contributed by atoms with Crippen LogP contribution < -0.4 is 4.57 Å². The van der Waals surface area contributed by atoms with Gasteiger partial charge in [0.1, 0.15) is 0 Å². The van der Waals surface area contributed by atoms with Gasteiger partial charge in [0.15, 0.2) is 12.7 Å². The molecule has 1 heteroatoms. The Balaban J connectivity index is 1.80. The summed E-state index contributed by atoms with van der Waals surface area (Å²) in [5, 5.41) is 2.84. The molecule has 0 unspecified atom stereocenters. The normalized spacial score (nSPS) is 12.4. The van der Waals surface area contributed by atoms with Crippen molar-refractivity contribution < 1.29 is 4.57 Å². The number of unbranched alkanes of at least 4 members (excludes halogenated alkanes) is 3. The van der Waals surface area contributed by atoms with Crippen LogP contribution in [0.3, 0.4) is 0 Å². The number of hydrogen-bond donors (Lipinski definition) is 0. The van der Waals surface area contributed by atoms with E-state index in [9.17, 15) is 0 Å². The van der Waals surface area contributed by atoms with E-state index in [1.165, 1.54) is 65.3 Å². The fourth-order valence-electron chi connectivity index (χ4n) is 3.89. The number of hydrogen-bond acceptors (Lipinski definition) is 0. The van der Waals surface area contributed by atoms with E-state index in [0.29, 0.717) is 0 Å². The molecule has 1 aliphatic heterocycles. The molecule has 0 saturated carbocycles. The van der Waals surface area contributed by atoms with Crippen molar-refractivity contribution in [1.82, 2.24) is 0 Å². The number of rotatable bonds is 5. The van der Waals surface area contributed by atoms with Gasteiger partial charge in [0, 0.05) is 11.1 Å². The molecular formula is C22H24N+. The van der Waals surface area contributed by atoms with Crippen molar-refractivity contribution in [2.45, 2.75) is 45.6 Å². The van der Waals surface area contributed by atoms with E-state index in [4.69, 9.17) is 0 Å². The maximum Gasteiger partial charge on any atom is 0.221 e. The Kier molecular flexibility index (Phi) is 3.87. The minimum atomic E-state index is 1.01. The van der Waals surface area contributed by atoms with Crippen molar-refractivity contribution in [2.75, 3.05) is 0 Å². The highest BCUT2D eigenvalue weighted by Gasteiger charge is 2.29. The first kappa shape index (κ1) is 14.4. The summed E-state index contributed by atoms with van der Waals surface area (Å²) in [6, 6.07) is 17.8. The van der Waals surface area contributed by atoms with E-state index in [0.717, 1.165) is 6.54 Å². The second kappa shape index (κ2) is 6.16. The fourth-order valence-corrected chi connectivity index (χ4v) is 3.89. The van der Waals surface area contributed by atoms with E-state index in [1.54, 1.807) is 0 Å². The predicted molar refractivity (Wildman–Crippen MR) is 96.5 cm³/mol. The molecule has 23 heavy (non-hydrogen) atoms. The van der Waals surface area contributed by atoms with Crippen LogP contribution in [-0.4, -0.2) is 0 Å². The zero-order valence-corrected chi connectivity index (χ0v) is 13.9. The largest absolute Gasteiger partial charge is 0.221 e. The van der Waals surface area contributed by atoms with Gasteiger partial charge in [-0.3, -0.25) is 0 Å². The number of nitrogens with zero attached hydrogens (tertiary/aromatic N) is 1. The highest BCUT2D eigenvalue weighted by atomic mass is 15.0. The molecule has 0 saturated heterocycles. The van der Waals surface area contributed by atoms with Crippen molar-refractivity contribution in [2.24, 2.45) is 0 Å². The molecule has 0 amide bonds. The monoisotopic (exact) mass is 302 g/mol. The Morgan fingerprint density at radius 3 is 2.52 bits per heavy atom. The molecule has 3 aromatic rings. The SMILES string of the molecule is CCCCCCc1c[n+]2c(c3ccccc13)-c1ccccc1C2. The smallest absolute Gasteiger partial charge is 0.193 e. The molecule has 0 atom stereocenters. The van der Waals surface area contributed by atoms with Crippen LogP contribution in [-0.2, 0) is 13.0 Å². The zero-order valence-electron chi connectivity index (χ0n) is 13.9. The zero-order chi connectivity index (χ0) is 15.6. The maximum atomic E-state index is 2.46. The van der Waals surface area contributed by atoms with Crippen LogP contribution in [0.25, 0.3) is 22.0 Å². The van der Waals surface area contributed by atoms with Gasteiger partial charge < -0.3 is 0 Å². The van der Waals surface area contributed by atoms with Gasteiger partial charge in [0.25, 0.3) is 0 Å². The Morgan fingerprint density at radius 1 is 0.870 bits per heavy atom. The first-order valence-corrected chi connectivity index (χ1v) is 8.91. The minimum absolute atomic E-state index is 1.01. The van der Waals surface area contributed by atoms with Gasteiger partial charge in [0.2, 0.25) is 5.69 Å². The second-order valence-electron chi connectivity index (χ2n) is 6.64. The molecule has 2 heterocycles. The molecule has 0 radical (unpaired) electrons. The summed E-state index contributed by atoms with van der Waals surface area (Å²) in [5.74, 6) is 0. The summed E-state index contributed by atoms with van der Waals surface area (Å²) < 4.78 is 2.46. The van der Waals surface area contributed by atoms with E-state index < -0.39 is 0 Å². The van der Waals surface area contributed by atoms with Gasteiger partial charge in [0.05, 0.1) is 10.9 Å². The summed E-state index contributed by atoms with van der Waals surface area (Å²) in [7, 11) is 0. The molecular weight excluding hydrogens is 278 g/mol. The lowest BCUT2D eigenvalue weighted by Crippen LogP contribution is -2.33. The number of benzene rings is 2. The van der Waals surface area contributed by atoms with Crippen LogP contribution in [0.2, 0.25) is 0 Å². The fraction of sp³-hybridized carbons (Fsp3) is 0.318. The van der Waals surface area contributed by atoms with Crippen molar-refractivity contribution >= 4 is 10.8 Å². The third-order valence-electron chi connectivity index (χ3n) is 5.04. The van der Waals surface area contributed by atoms with Crippen LogP contribution in [0, 0.1) is 0 Å². The van der Waals surface area contributed by atoms with Crippen molar-refractivity contribution in [3.8, 4) is 11.3 Å². The van der Waals surface area contributed by atoms with E-state index in [1.807, 2.05) is 0 Å². The third kappa shape index (κ3) is 2.55. The van der Waals surface area contributed by atoms with Crippen molar-refractivity contribution in [1.29, 1.82) is 0 Å². The molecule has 1 aliphatic rings. The first-order chi connectivity index (χ1) is 11.4. The van der Waals surface area contributed by atoms with E-state index in [2.05, 4.69) is 66.2 Å². The lowest BCUT2D eigenvalue weighted by molar-refractivity contribution is -0.671. The highest BCUT2D eigenvalue weighted by molar-refractivity contribution is 5.96. The van der Waals surface area contributed by atoms with Crippen LogP contribution in [0.5, 0.6) is 0 Å². The van der Waals surface area contributed by atoms with Crippen molar-refractivity contribution in [3.05, 3.63) is 65.9 Å². The standard InChI is InChI=1S/C22H24N/c1-2-3-4-5-10-17-15-23-16-18-11-6-7-13-20(18)22(23)21-14-9-8-12-19(17)21/h6-9,11-15H,2-5,10,16H2,1H3/q+1. The van der Waals surface area contributed by atoms with Crippen molar-refractivity contribution in [3.63, 3.8) is 0 Å². The average molecular weight is 302 g/mol. The van der Waals surface area contributed by atoms with Gasteiger partial charge in [-0.15, -0.1) is 0 Å². The molecule has 0 fully saturated rings. The topological polar surface area (TPSA) is 3.88 Å².